The summed E-state index contributed by atoms with van der Waals surface area (Å²) in [5, 5.41) is 6.23. The van der Waals surface area contributed by atoms with Gasteiger partial charge in [-0.2, -0.15) is 0 Å². The van der Waals surface area contributed by atoms with Crippen LogP contribution < -0.4 is 25.0 Å². The Morgan fingerprint density at radius 3 is 2.48 bits per heavy atom. The number of imidazole rings is 1. The normalized spacial score (nSPS) is 13.3. The molecule has 3 aromatic carbocycles. The molecule has 3 amide bonds. The van der Waals surface area contributed by atoms with Crippen LogP contribution >= 0.6 is 0 Å². The standard InChI is InChI=1S/C39H52N8O5/c1-27-14-17-32(34(25-27)52-24-9-7-8-13-35(48)47-22-20-45(4)21-23-47)46(5)38(50)28-15-16-29(33(26-28)51-6)37(49)41-30-11-10-12-31-36(30)43-39(42-31)40-18-19-44(2)3/h10-12,14-17,25-26H,7-9,13,18-24H2,1-6H3,(H,41,49)(H2,40,42,43). The van der Waals surface area contributed by atoms with Crippen molar-refractivity contribution in [2.75, 3.05) is 96.7 Å². The molecule has 0 aliphatic carbocycles. The fourth-order valence-corrected chi connectivity index (χ4v) is 6.08. The molecule has 4 aromatic rings. The topological polar surface area (TPSA) is 135 Å². The number of unbranched alkanes of at least 4 members (excludes halogenated alkanes) is 2. The van der Waals surface area contributed by atoms with E-state index in [1.54, 1.807) is 36.2 Å². The summed E-state index contributed by atoms with van der Waals surface area (Å²) < 4.78 is 11.8. The molecule has 0 bridgehead atoms. The number of likely N-dealkylation sites (N-methyl/N-ethyl adjacent to an activating group) is 2. The van der Waals surface area contributed by atoms with Gasteiger partial charge in [-0.05, 0) is 95.4 Å². The van der Waals surface area contributed by atoms with Gasteiger partial charge in [0.05, 0.1) is 36.2 Å². The Morgan fingerprint density at radius 2 is 1.73 bits per heavy atom. The molecule has 0 atom stereocenters. The van der Waals surface area contributed by atoms with Gasteiger partial charge in [-0.15, -0.1) is 0 Å². The molecule has 52 heavy (non-hydrogen) atoms. The number of amides is 3. The number of carbonyl (C=O) groups is 3. The Hall–Kier alpha value is -5.14. The van der Waals surface area contributed by atoms with Crippen LogP contribution in [0.5, 0.6) is 11.5 Å². The number of fused-ring (bicyclic) bond motifs is 1. The molecule has 0 radical (unpaired) electrons. The lowest BCUT2D eigenvalue weighted by atomic mass is 10.1. The summed E-state index contributed by atoms with van der Waals surface area (Å²) in [6, 6.07) is 16.1. The second kappa shape index (κ2) is 17.9. The third kappa shape index (κ3) is 9.80. The number of hydrogen-bond donors (Lipinski definition) is 3. The van der Waals surface area contributed by atoms with Gasteiger partial charge >= 0.3 is 0 Å². The number of methoxy groups -OCH3 is 1. The van der Waals surface area contributed by atoms with E-state index in [1.165, 1.54) is 7.11 Å². The minimum Gasteiger partial charge on any atom is -0.496 e. The Bertz CT molecular complexity index is 1850. The number of hydrogen-bond acceptors (Lipinski definition) is 9. The Labute approximate surface area is 306 Å². The van der Waals surface area contributed by atoms with Gasteiger partial charge in [0.1, 0.15) is 17.0 Å². The minimum atomic E-state index is -0.389. The molecule has 1 aliphatic heterocycles. The van der Waals surface area contributed by atoms with Crippen LogP contribution in [-0.2, 0) is 4.79 Å². The molecule has 1 fully saturated rings. The van der Waals surface area contributed by atoms with Crippen molar-refractivity contribution in [2.45, 2.75) is 32.6 Å². The molecular weight excluding hydrogens is 660 g/mol. The number of piperazine rings is 1. The Balaban J connectivity index is 1.19. The average Bonchev–Trinajstić information content (AvgIpc) is 3.56. The number of nitrogens with one attached hydrogen (secondary N) is 3. The third-order valence-corrected chi connectivity index (χ3v) is 9.24. The summed E-state index contributed by atoms with van der Waals surface area (Å²) in [4.78, 5) is 55.5. The molecule has 13 heteroatoms. The number of aryl methyl sites for hydroxylation is 1. The highest BCUT2D eigenvalue weighted by Crippen LogP contribution is 2.32. The molecule has 0 saturated carbocycles. The van der Waals surface area contributed by atoms with Crippen LogP contribution in [0.2, 0.25) is 0 Å². The predicted octanol–water partition coefficient (Wildman–Crippen LogP) is 5.10. The van der Waals surface area contributed by atoms with Crippen LogP contribution in [0.1, 0.15) is 52.0 Å². The number of benzene rings is 3. The zero-order valence-electron chi connectivity index (χ0n) is 31.3. The maximum Gasteiger partial charge on any atom is 0.259 e. The van der Waals surface area contributed by atoms with Crippen molar-refractivity contribution in [1.82, 2.24) is 24.7 Å². The van der Waals surface area contributed by atoms with Crippen molar-refractivity contribution in [3.63, 3.8) is 0 Å². The summed E-state index contributed by atoms with van der Waals surface area (Å²) in [6.45, 7) is 7.45. The number of anilines is 3. The van der Waals surface area contributed by atoms with Gasteiger partial charge in [0.2, 0.25) is 11.9 Å². The van der Waals surface area contributed by atoms with Crippen LogP contribution in [-0.4, -0.2) is 124 Å². The highest BCUT2D eigenvalue weighted by Gasteiger charge is 2.22. The summed E-state index contributed by atoms with van der Waals surface area (Å²) in [5.74, 6) is 1.05. The fourth-order valence-electron chi connectivity index (χ4n) is 6.08. The van der Waals surface area contributed by atoms with Crippen molar-refractivity contribution in [3.05, 3.63) is 71.3 Å². The number of carbonyl (C=O) groups excluding carboxylic acids is 3. The Kier molecular flexibility index (Phi) is 13.1. The first-order valence-electron chi connectivity index (χ1n) is 17.9. The van der Waals surface area contributed by atoms with Crippen LogP contribution in [0.4, 0.5) is 17.3 Å². The van der Waals surface area contributed by atoms with Crippen LogP contribution in [0.25, 0.3) is 11.0 Å². The van der Waals surface area contributed by atoms with E-state index in [-0.39, 0.29) is 29.0 Å². The van der Waals surface area contributed by atoms with Gasteiger partial charge < -0.3 is 44.7 Å². The van der Waals surface area contributed by atoms with E-state index in [9.17, 15) is 14.4 Å². The predicted molar refractivity (Wildman–Crippen MR) is 206 cm³/mol. The maximum atomic E-state index is 13.8. The Morgan fingerprint density at radius 1 is 0.942 bits per heavy atom. The lowest BCUT2D eigenvalue weighted by Gasteiger charge is -2.32. The van der Waals surface area contributed by atoms with Crippen molar-refractivity contribution in [3.8, 4) is 11.5 Å². The molecule has 5 rings (SSSR count). The minimum absolute atomic E-state index is 0.227. The van der Waals surface area contributed by atoms with Gasteiger partial charge in [-0.1, -0.05) is 12.1 Å². The third-order valence-electron chi connectivity index (χ3n) is 9.24. The summed E-state index contributed by atoms with van der Waals surface area (Å²) in [5.41, 5.74) is 4.24. The maximum absolute atomic E-state index is 13.8. The quantitative estimate of drug-likeness (QED) is 0.136. The zero-order chi connectivity index (χ0) is 37.2. The van der Waals surface area contributed by atoms with Crippen molar-refractivity contribution >= 4 is 46.1 Å². The number of rotatable bonds is 16. The lowest BCUT2D eigenvalue weighted by Crippen LogP contribution is -2.47. The first-order valence-corrected chi connectivity index (χ1v) is 17.9. The number of nitrogens with zero attached hydrogens (tertiary/aromatic N) is 5. The average molecular weight is 713 g/mol. The van der Waals surface area contributed by atoms with Gasteiger partial charge in [0, 0.05) is 58.3 Å². The van der Waals surface area contributed by atoms with E-state index < -0.39 is 0 Å². The van der Waals surface area contributed by atoms with Crippen LogP contribution in [0.15, 0.2) is 54.6 Å². The highest BCUT2D eigenvalue weighted by molar-refractivity contribution is 6.11. The van der Waals surface area contributed by atoms with E-state index in [4.69, 9.17) is 9.47 Å². The molecule has 3 N–H and O–H groups in total. The van der Waals surface area contributed by atoms with Crippen LogP contribution in [0.3, 0.4) is 0 Å². The van der Waals surface area contributed by atoms with Crippen molar-refractivity contribution in [2.24, 2.45) is 0 Å². The second-order valence-corrected chi connectivity index (χ2v) is 13.6. The van der Waals surface area contributed by atoms with E-state index in [1.807, 2.05) is 56.3 Å². The van der Waals surface area contributed by atoms with Crippen molar-refractivity contribution < 1.29 is 23.9 Å². The molecule has 1 aromatic heterocycles. The number of para-hydroxylation sites is 1. The second-order valence-electron chi connectivity index (χ2n) is 13.6. The zero-order valence-corrected chi connectivity index (χ0v) is 31.3. The number of aromatic nitrogens is 2. The molecule has 278 valence electrons. The van der Waals surface area contributed by atoms with E-state index in [0.717, 1.165) is 63.1 Å². The fraction of sp³-hybridized carbons (Fsp3) is 0.436. The van der Waals surface area contributed by atoms with Crippen LogP contribution in [0, 0.1) is 6.92 Å². The molecule has 1 aliphatic rings. The highest BCUT2D eigenvalue weighted by atomic mass is 16.5. The van der Waals surface area contributed by atoms with Gasteiger partial charge in [-0.3, -0.25) is 14.4 Å². The number of ether oxygens (including phenoxy) is 2. The van der Waals surface area contributed by atoms with Crippen molar-refractivity contribution in [1.29, 1.82) is 0 Å². The molecule has 0 unspecified atom stereocenters. The molecule has 13 nitrogen and oxygen atoms in total. The summed E-state index contributed by atoms with van der Waals surface area (Å²) >= 11 is 0. The first kappa shape index (κ1) is 38.1. The van der Waals surface area contributed by atoms with E-state index in [0.29, 0.717) is 53.7 Å². The van der Waals surface area contributed by atoms with E-state index >= 15 is 0 Å². The molecule has 1 saturated heterocycles. The molecular formula is C39H52N8O5. The van der Waals surface area contributed by atoms with E-state index in [2.05, 4.69) is 37.4 Å². The summed E-state index contributed by atoms with van der Waals surface area (Å²) in [6.07, 6.45) is 3.04. The number of H-pyrrole nitrogens is 1. The number of aromatic amines is 1. The summed E-state index contributed by atoms with van der Waals surface area (Å²) in [7, 11) is 9.26. The smallest absolute Gasteiger partial charge is 0.259 e. The molecule has 0 spiro atoms. The van der Waals surface area contributed by atoms with Gasteiger partial charge in [0.25, 0.3) is 11.8 Å². The monoisotopic (exact) mass is 712 g/mol. The SMILES string of the molecule is COc1cc(C(=O)N(C)c2ccc(C)cc2OCCCCCC(=O)N2CCN(C)CC2)ccc1C(=O)Nc1cccc2[nH]c(NCCN(C)C)nc12. The lowest BCUT2D eigenvalue weighted by molar-refractivity contribution is -0.132. The first-order chi connectivity index (χ1) is 25.0. The van der Waals surface area contributed by atoms with Gasteiger partial charge in [-0.25, -0.2) is 4.98 Å². The van der Waals surface area contributed by atoms with Gasteiger partial charge in [0.15, 0.2) is 0 Å². The largest absolute Gasteiger partial charge is 0.496 e. The molecule has 2 heterocycles.